The van der Waals surface area contributed by atoms with Crippen molar-refractivity contribution in [2.24, 2.45) is 0 Å². The van der Waals surface area contributed by atoms with Gasteiger partial charge in [0.1, 0.15) is 0 Å². The number of carbonyl (C=O) groups excluding carboxylic acids is 1. The smallest absolute Gasteiger partial charge is 0.262 e. The fourth-order valence-electron chi connectivity index (χ4n) is 2.77. The average Bonchev–Trinajstić information content (AvgIpc) is 2.69. The highest BCUT2D eigenvalue weighted by Gasteiger charge is 2.13. The van der Waals surface area contributed by atoms with Crippen LogP contribution in [0.25, 0.3) is 10.9 Å². The summed E-state index contributed by atoms with van der Waals surface area (Å²) >= 11 is 7.22. The minimum Gasteiger partial charge on any atom is -0.325 e. The Kier molecular flexibility index (Phi) is 6.54. The van der Waals surface area contributed by atoms with Crippen LogP contribution < -0.4 is 10.9 Å². The van der Waals surface area contributed by atoms with Crippen LogP contribution >= 0.6 is 23.4 Å². The molecule has 28 heavy (non-hydrogen) atoms. The first-order valence-corrected chi connectivity index (χ1v) is 10.2. The Hall–Kier alpha value is -2.57. The molecule has 3 rings (SSSR count). The topological polar surface area (TPSA) is 64.0 Å². The zero-order chi connectivity index (χ0) is 20.1. The number of aromatic nitrogens is 2. The zero-order valence-corrected chi connectivity index (χ0v) is 17.0. The molecule has 0 atom stereocenters. The molecule has 3 aromatic rings. The molecule has 2 aromatic carbocycles. The second-order valence-corrected chi connectivity index (χ2v) is 7.53. The van der Waals surface area contributed by atoms with Gasteiger partial charge in [-0.15, -0.1) is 6.58 Å². The highest BCUT2D eigenvalue weighted by molar-refractivity contribution is 7.99. The molecule has 0 spiro atoms. The molecular formula is C21H20ClN3O2S. The number of amides is 1. The van der Waals surface area contributed by atoms with Crippen LogP contribution in [0.5, 0.6) is 0 Å². The van der Waals surface area contributed by atoms with Crippen molar-refractivity contribution in [2.45, 2.75) is 25.0 Å². The van der Waals surface area contributed by atoms with E-state index in [4.69, 9.17) is 11.6 Å². The van der Waals surface area contributed by atoms with Gasteiger partial charge in [0.05, 0.1) is 16.7 Å². The third kappa shape index (κ3) is 4.64. The van der Waals surface area contributed by atoms with Crippen LogP contribution in [0.15, 0.2) is 65.1 Å². The van der Waals surface area contributed by atoms with Crippen LogP contribution in [0.1, 0.15) is 12.5 Å². The predicted octanol–water partition coefficient (Wildman–Crippen LogP) is 4.53. The molecule has 1 aromatic heterocycles. The van der Waals surface area contributed by atoms with Crippen LogP contribution in [0.4, 0.5) is 5.69 Å². The van der Waals surface area contributed by atoms with Gasteiger partial charge in [-0.1, -0.05) is 48.5 Å². The molecule has 0 unspecified atom stereocenters. The van der Waals surface area contributed by atoms with E-state index >= 15 is 0 Å². The van der Waals surface area contributed by atoms with E-state index in [9.17, 15) is 9.59 Å². The maximum Gasteiger partial charge on any atom is 0.262 e. The standard InChI is InChI=1S/C21H20ClN3O2S/c1-3-10-25-20(27)17-12-15(22)8-9-18(17)24-21(25)28-13-19(26)23-16-7-5-6-14(4-2)11-16/h3,5-9,11-12H,1,4,10,13H2,2H3,(H,23,26). The van der Waals surface area contributed by atoms with Gasteiger partial charge in [-0.25, -0.2) is 4.98 Å². The molecule has 144 valence electrons. The highest BCUT2D eigenvalue weighted by atomic mass is 35.5. The number of nitrogens with zero attached hydrogens (tertiary/aromatic N) is 2. The first kappa shape index (κ1) is 20.2. The fourth-order valence-corrected chi connectivity index (χ4v) is 3.75. The van der Waals surface area contributed by atoms with Crippen LogP contribution in [0.3, 0.4) is 0 Å². The molecule has 1 heterocycles. The Labute approximate surface area is 172 Å². The quantitative estimate of drug-likeness (QED) is 0.351. The van der Waals surface area contributed by atoms with E-state index in [0.29, 0.717) is 27.6 Å². The first-order valence-electron chi connectivity index (χ1n) is 8.84. The Morgan fingerprint density at radius 1 is 1.32 bits per heavy atom. The van der Waals surface area contributed by atoms with Crippen molar-refractivity contribution in [2.75, 3.05) is 11.1 Å². The molecular weight excluding hydrogens is 394 g/mol. The number of carbonyl (C=O) groups is 1. The lowest BCUT2D eigenvalue weighted by atomic mass is 10.1. The van der Waals surface area contributed by atoms with Gasteiger partial charge in [0.25, 0.3) is 5.56 Å². The normalized spacial score (nSPS) is 10.8. The number of anilines is 1. The Bertz CT molecular complexity index is 1090. The summed E-state index contributed by atoms with van der Waals surface area (Å²) in [5, 5.41) is 4.28. The molecule has 1 N–H and O–H groups in total. The second-order valence-electron chi connectivity index (χ2n) is 6.15. The SMILES string of the molecule is C=CCn1c(SCC(=O)Nc2cccc(CC)c2)nc2ccc(Cl)cc2c1=O. The summed E-state index contributed by atoms with van der Waals surface area (Å²) < 4.78 is 1.50. The van der Waals surface area contributed by atoms with Crippen LogP contribution in [-0.2, 0) is 17.8 Å². The lowest BCUT2D eigenvalue weighted by Gasteiger charge is -2.12. The number of hydrogen-bond acceptors (Lipinski definition) is 4. The van der Waals surface area contributed by atoms with Crippen molar-refractivity contribution in [1.29, 1.82) is 0 Å². The third-order valence-electron chi connectivity index (χ3n) is 4.14. The molecule has 0 saturated carbocycles. The van der Waals surface area contributed by atoms with Crippen molar-refractivity contribution in [1.82, 2.24) is 9.55 Å². The Morgan fingerprint density at radius 2 is 2.14 bits per heavy atom. The van der Waals surface area contributed by atoms with Crippen molar-refractivity contribution in [3.63, 3.8) is 0 Å². The molecule has 7 heteroatoms. The van der Waals surface area contributed by atoms with E-state index in [1.165, 1.54) is 16.3 Å². The molecule has 0 fully saturated rings. The monoisotopic (exact) mass is 413 g/mol. The fraction of sp³-hybridized carbons (Fsp3) is 0.190. The number of hydrogen-bond donors (Lipinski definition) is 1. The summed E-state index contributed by atoms with van der Waals surface area (Å²) in [6.45, 7) is 6.07. The minimum atomic E-state index is -0.203. The van der Waals surface area contributed by atoms with Gasteiger partial charge in [0, 0.05) is 17.3 Å². The van der Waals surface area contributed by atoms with Crippen molar-refractivity contribution < 1.29 is 4.79 Å². The molecule has 5 nitrogen and oxygen atoms in total. The number of allylic oxidation sites excluding steroid dienone is 1. The molecule has 0 bridgehead atoms. The van der Waals surface area contributed by atoms with Gasteiger partial charge in [-0.2, -0.15) is 0 Å². The van der Waals surface area contributed by atoms with Gasteiger partial charge in [0.2, 0.25) is 5.91 Å². The molecule has 0 aliphatic rings. The van der Waals surface area contributed by atoms with Gasteiger partial charge < -0.3 is 5.32 Å². The average molecular weight is 414 g/mol. The van der Waals surface area contributed by atoms with Gasteiger partial charge in [0.15, 0.2) is 5.16 Å². The lowest BCUT2D eigenvalue weighted by molar-refractivity contribution is -0.113. The number of rotatable bonds is 7. The summed E-state index contributed by atoms with van der Waals surface area (Å²) in [5.41, 5.74) is 2.26. The summed E-state index contributed by atoms with van der Waals surface area (Å²) in [6, 6.07) is 12.7. The van der Waals surface area contributed by atoms with Crippen LogP contribution in [-0.4, -0.2) is 21.2 Å². The first-order chi connectivity index (χ1) is 13.5. The summed E-state index contributed by atoms with van der Waals surface area (Å²) in [5.74, 6) is -0.0205. The Balaban J connectivity index is 1.81. The third-order valence-corrected chi connectivity index (χ3v) is 5.36. The van der Waals surface area contributed by atoms with Gasteiger partial charge in [-0.3, -0.25) is 14.2 Å². The maximum atomic E-state index is 12.8. The second kappa shape index (κ2) is 9.08. The van der Waals surface area contributed by atoms with E-state index in [1.54, 1.807) is 24.3 Å². The number of nitrogens with one attached hydrogen (secondary N) is 1. The summed E-state index contributed by atoms with van der Waals surface area (Å²) in [7, 11) is 0. The van der Waals surface area contributed by atoms with Crippen LogP contribution in [0.2, 0.25) is 5.02 Å². The largest absolute Gasteiger partial charge is 0.325 e. The Morgan fingerprint density at radius 3 is 2.89 bits per heavy atom. The number of thioether (sulfide) groups is 1. The molecule has 0 radical (unpaired) electrons. The number of halogens is 1. The van der Waals surface area contributed by atoms with Gasteiger partial charge in [-0.05, 0) is 42.3 Å². The predicted molar refractivity (Wildman–Crippen MR) is 116 cm³/mol. The number of aryl methyl sites for hydroxylation is 1. The minimum absolute atomic E-state index is 0.138. The zero-order valence-electron chi connectivity index (χ0n) is 15.4. The van der Waals surface area contributed by atoms with E-state index in [-0.39, 0.29) is 17.2 Å². The molecule has 0 aliphatic carbocycles. The van der Waals surface area contributed by atoms with Crippen molar-refractivity contribution in [3.05, 3.63) is 76.1 Å². The molecule has 1 amide bonds. The van der Waals surface area contributed by atoms with E-state index in [0.717, 1.165) is 17.7 Å². The van der Waals surface area contributed by atoms with Gasteiger partial charge >= 0.3 is 0 Å². The lowest BCUT2D eigenvalue weighted by Crippen LogP contribution is -2.23. The van der Waals surface area contributed by atoms with E-state index < -0.39 is 0 Å². The number of fused-ring (bicyclic) bond motifs is 1. The highest BCUT2D eigenvalue weighted by Crippen LogP contribution is 2.21. The summed E-state index contributed by atoms with van der Waals surface area (Å²) in [6.07, 6.45) is 2.52. The number of benzene rings is 2. The van der Waals surface area contributed by atoms with Crippen molar-refractivity contribution >= 4 is 45.9 Å². The maximum absolute atomic E-state index is 12.8. The summed E-state index contributed by atoms with van der Waals surface area (Å²) in [4.78, 5) is 29.7. The van der Waals surface area contributed by atoms with E-state index in [2.05, 4.69) is 23.8 Å². The van der Waals surface area contributed by atoms with Crippen LogP contribution in [0, 0.1) is 0 Å². The molecule has 0 aliphatic heterocycles. The van der Waals surface area contributed by atoms with E-state index in [1.807, 2.05) is 24.3 Å². The van der Waals surface area contributed by atoms with Crippen molar-refractivity contribution in [3.8, 4) is 0 Å². The molecule has 0 saturated heterocycles.